The van der Waals surface area contributed by atoms with E-state index in [0.717, 1.165) is 11.3 Å². The van der Waals surface area contributed by atoms with Gasteiger partial charge >= 0.3 is 0 Å². The van der Waals surface area contributed by atoms with Crippen LogP contribution in [-0.4, -0.2) is 17.1 Å². The van der Waals surface area contributed by atoms with Crippen LogP contribution in [-0.2, 0) is 6.61 Å². The van der Waals surface area contributed by atoms with Gasteiger partial charge in [-0.2, -0.15) is 4.98 Å². The van der Waals surface area contributed by atoms with Crippen molar-refractivity contribution in [3.8, 4) is 11.6 Å². The van der Waals surface area contributed by atoms with Gasteiger partial charge in [0, 0.05) is 0 Å². The zero-order valence-electron chi connectivity index (χ0n) is 9.26. The Morgan fingerprint density at radius 2 is 1.94 bits per heavy atom. The second-order valence-corrected chi connectivity index (χ2v) is 3.70. The number of rotatable bonds is 4. The average molecular weight is 251 g/mol. The number of halogens is 1. The first kappa shape index (κ1) is 11.7. The predicted octanol–water partition coefficient (Wildman–Crippen LogP) is 2.72. The third kappa shape index (κ3) is 3.32. The normalized spacial score (nSPS) is 10.0. The van der Waals surface area contributed by atoms with Crippen molar-refractivity contribution in [2.24, 2.45) is 0 Å². The smallest absolute Gasteiger partial charge is 0.234 e. The van der Waals surface area contributed by atoms with Gasteiger partial charge in [0.1, 0.15) is 12.4 Å². The Labute approximate surface area is 104 Å². The number of methoxy groups -OCH3 is 1. The molecule has 2 rings (SSSR count). The summed E-state index contributed by atoms with van der Waals surface area (Å²) < 4.78 is 10.5. The number of nitrogens with zero attached hydrogens (tertiary/aromatic N) is 2. The van der Waals surface area contributed by atoms with E-state index in [2.05, 4.69) is 9.97 Å². The van der Waals surface area contributed by atoms with Crippen LogP contribution < -0.4 is 9.47 Å². The lowest BCUT2D eigenvalue weighted by Gasteiger charge is -2.05. The van der Waals surface area contributed by atoms with Gasteiger partial charge in [-0.1, -0.05) is 23.7 Å². The fourth-order valence-electron chi connectivity index (χ4n) is 1.27. The van der Waals surface area contributed by atoms with Crippen molar-refractivity contribution in [3.05, 3.63) is 47.4 Å². The molecule has 0 unspecified atom stereocenters. The molecular formula is C12H11ClN2O2. The summed E-state index contributed by atoms with van der Waals surface area (Å²) in [4.78, 5) is 7.86. The van der Waals surface area contributed by atoms with Crippen LogP contribution in [0.1, 0.15) is 5.56 Å². The van der Waals surface area contributed by atoms with E-state index in [0.29, 0.717) is 17.6 Å². The lowest BCUT2D eigenvalue weighted by Crippen LogP contribution is -1.97. The SMILES string of the molecule is COc1ccc(COc2cncc(Cl)n2)cc1. The van der Waals surface area contributed by atoms with Crippen molar-refractivity contribution in [1.29, 1.82) is 0 Å². The molecule has 0 aliphatic carbocycles. The highest BCUT2D eigenvalue weighted by atomic mass is 35.5. The first-order valence-electron chi connectivity index (χ1n) is 5.01. The van der Waals surface area contributed by atoms with E-state index in [9.17, 15) is 0 Å². The van der Waals surface area contributed by atoms with Crippen molar-refractivity contribution in [3.63, 3.8) is 0 Å². The largest absolute Gasteiger partial charge is 0.497 e. The molecule has 0 spiro atoms. The molecular weight excluding hydrogens is 240 g/mol. The summed E-state index contributed by atoms with van der Waals surface area (Å²) in [7, 11) is 1.63. The summed E-state index contributed by atoms with van der Waals surface area (Å²) in [5, 5.41) is 0.317. The average Bonchev–Trinajstić information content (AvgIpc) is 2.37. The van der Waals surface area contributed by atoms with Gasteiger partial charge in [-0.25, -0.2) is 0 Å². The highest BCUT2D eigenvalue weighted by Crippen LogP contribution is 2.14. The van der Waals surface area contributed by atoms with Crippen LogP contribution in [0.4, 0.5) is 0 Å². The maximum Gasteiger partial charge on any atom is 0.234 e. The predicted molar refractivity (Wildman–Crippen MR) is 64.4 cm³/mol. The molecule has 0 aliphatic rings. The molecule has 0 saturated heterocycles. The number of hydrogen-bond acceptors (Lipinski definition) is 4. The second-order valence-electron chi connectivity index (χ2n) is 3.32. The molecule has 0 fully saturated rings. The molecule has 0 N–H and O–H groups in total. The molecule has 0 radical (unpaired) electrons. The fraction of sp³-hybridized carbons (Fsp3) is 0.167. The van der Waals surface area contributed by atoms with Crippen molar-refractivity contribution in [2.45, 2.75) is 6.61 Å². The van der Waals surface area contributed by atoms with Crippen molar-refractivity contribution >= 4 is 11.6 Å². The van der Waals surface area contributed by atoms with Gasteiger partial charge in [-0.3, -0.25) is 4.98 Å². The van der Waals surface area contributed by atoms with E-state index in [4.69, 9.17) is 21.1 Å². The van der Waals surface area contributed by atoms with Gasteiger partial charge in [0.2, 0.25) is 5.88 Å². The topological polar surface area (TPSA) is 44.2 Å². The van der Waals surface area contributed by atoms with Crippen LogP contribution in [0.3, 0.4) is 0 Å². The van der Waals surface area contributed by atoms with E-state index >= 15 is 0 Å². The molecule has 4 nitrogen and oxygen atoms in total. The number of aromatic nitrogens is 2. The zero-order chi connectivity index (χ0) is 12.1. The second kappa shape index (κ2) is 5.50. The molecule has 0 aliphatic heterocycles. The Morgan fingerprint density at radius 3 is 2.59 bits per heavy atom. The molecule has 0 bridgehead atoms. The molecule has 1 aromatic carbocycles. The Kier molecular flexibility index (Phi) is 3.77. The van der Waals surface area contributed by atoms with E-state index < -0.39 is 0 Å². The van der Waals surface area contributed by atoms with Crippen molar-refractivity contribution in [2.75, 3.05) is 7.11 Å². The Morgan fingerprint density at radius 1 is 1.18 bits per heavy atom. The highest BCUT2D eigenvalue weighted by Gasteiger charge is 1.99. The van der Waals surface area contributed by atoms with Crippen LogP contribution in [0.5, 0.6) is 11.6 Å². The van der Waals surface area contributed by atoms with Crippen LogP contribution in [0.25, 0.3) is 0 Å². The monoisotopic (exact) mass is 250 g/mol. The van der Waals surface area contributed by atoms with E-state index in [1.165, 1.54) is 12.4 Å². The van der Waals surface area contributed by atoms with E-state index in [-0.39, 0.29) is 0 Å². The minimum absolute atomic E-state index is 0.317. The standard InChI is InChI=1S/C12H11ClN2O2/c1-16-10-4-2-9(3-5-10)8-17-12-7-14-6-11(13)15-12/h2-7H,8H2,1H3. The molecule has 0 amide bonds. The van der Waals surface area contributed by atoms with Crippen LogP contribution >= 0.6 is 11.6 Å². The first-order chi connectivity index (χ1) is 8.28. The summed E-state index contributed by atoms with van der Waals surface area (Å²) in [6.45, 7) is 0.416. The maximum absolute atomic E-state index is 5.70. The van der Waals surface area contributed by atoms with Crippen molar-refractivity contribution in [1.82, 2.24) is 9.97 Å². The van der Waals surface area contributed by atoms with Crippen LogP contribution in [0.15, 0.2) is 36.7 Å². The fourth-order valence-corrected chi connectivity index (χ4v) is 1.41. The summed E-state index contributed by atoms with van der Waals surface area (Å²) >= 11 is 5.70. The molecule has 1 aromatic heterocycles. The number of benzene rings is 1. The van der Waals surface area contributed by atoms with Gasteiger partial charge < -0.3 is 9.47 Å². The molecule has 0 atom stereocenters. The molecule has 1 heterocycles. The third-order valence-corrected chi connectivity index (χ3v) is 2.31. The lowest BCUT2D eigenvalue weighted by molar-refractivity contribution is 0.292. The van der Waals surface area contributed by atoms with Crippen molar-refractivity contribution < 1.29 is 9.47 Å². The molecule has 5 heteroatoms. The van der Waals surface area contributed by atoms with Crippen LogP contribution in [0.2, 0.25) is 5.15 Å². The quantitative estimate of drug-likeness (QED) is 0.837. The molecule has 2 aromatic rings. The zero-order valence-corrected chi connectivity index (χ0v) is 10.0. The van der Waals surface area contributed by atoms with Gasteiger partial charge in [-0.15, -0.1) is 0 Å². The highest BCUT2D eigenvalue weighted by molar-refractivity contribution is 6.29. The summed E-state index contributed by atoms with van der Waals surface area (Å²) in [6, 6.07) is 7.61. The van der Waals surface area contributed by atoms with Gasteiger partial charge in [0.05, 0.1) is 19.5 Å². The number of hydrogen-bond donors (Lipinski definition) is 0. The van der Waals surface area contributed by atoms with E-state index in [1.807, 2.05) is 24.3 Å². The minimum atomic E-state index is 0.317. The summed E-state index contributed by atoms with van der Waals surface area (Å²) in [5.41, 5.74) is 1.02. The van der Waals surface area contributed by atoms with Gasteiger partial charge in [-0.05, 0) is 17.7 Å². The first-order valence-corrected chi connectivity index (χ1v) is 5.39. The Balaban J connectivity index is 1.97. The van der Waals surface area contributed by atoms with Gasteiger partial charge in [0.15, 0.2) is 5.15 Å². The number of ether oxygens (including phenoxy) is 2. The molecule has 17 heavy (non-hydrogen) atoms. The molecule has 0 saturated carbocycles. The van der Waals surface area contributed by atoms with Crippen LogP contribution in [0, 0.1) is 0 Å². The lowest BCUT2D eigenvalue weighted by atomic mass is 10.2. The summed E-state index contributed by atoms with van der Waals surface area (Å²) in [6.07, 6.45) is 2.98. The maximum atomic E-state index is 5.70. The third-order valence-electron chi connectivity index (χ3n) is 2.13. The Hall–Kier alpha value is -1.81. The minimum Gasteiger partial charge on any atom is -0.497 e. The molecule has 88 valence electrons. The van der Waals surface area contributed by atoms with E-state index in [1.54, 1.807) is 7.11 Å². The Bertz CT molecular complexity index is 488. The summed E-state index contributed by atoms with van der Waals surface area (Å²) in [5.74, 6) is 1.23. The van der Waals surface area contributed by atoms with Gasteiger partial charge in [0.25, 0.3) is 0 Å².